The molecule has 8 nitrogen and oxygen atoms in total. The van der Waals surface area contributed by atoms with Crippen molar-refractivity contribution in [2.24, 2.45) is 0 Å². The molecule has 0 heterocycles. The van der Waals surface area contributed by atoms with Crippen LogP contribution in [0.25, 0.3) is 0 Å². The van der Waals surface area contributed by atoms with Crippen LogP contribution in [0.5, 0.6) is 0 Å². The van der Waals surface area contributed by atoms with Crippen LogP contribution in [0.15, 0.2) is 24.0 Å². The number of rotatable bonds is 5. The molecule has 1 rings (SSSR count). The fourth-order valence-electron chi connectivity index (χ4n) is 1.62. The highest BCUT2D eigenvalue weighted by atomic mass is 31.1. The summed E-state index contributed by atoms with van der Waals surface area (Å²) in [5.74, 6) is -3.54. The summed E-state index contributed by atoms with van der Waals surface area (Å²) in [5, 5.41) is 27.2. The van der Waals surface area contributed by atoms with Gasteiger partial charge in [0.25, 0.3) is 0 Å². The van der Waals surface area contributed by atoms with Gasteiger partial charge in [0.15, 0.2) is 5.76 Å². The summed E-state index contributed by atoms with van der Waals surface area (Å²) in [4.78, 5) is 21.4. The summed E-state index contributed by atoms with van der Waals surface area (Å²) in [6, 6.07) is 0. The number of aliphatic carboxylic acids is 2. The molecule has 0 fully saturated rings. The van der Waals surface area contributed by atoms with Crippen LogP contribution in [0.2, 0.25) is 0 Å². The third-order valence-electron chi connectivity index (χ3n) is 2.57. The van der Waals surface area contributed by atoms with Gasteiger partial charge in [-0.05, 0) is 6.58 Å². The van der Waals surface area contributed by atoms with E-state index in [4.69, 9.17) is 14.9 Å². The average Bonchev–Trinajstić information content (AvgIpc) is 2.30. The standard InChI is InChI=1S/C10H11O8P/c1-4(9(12)13)18-6-2-5(10(14)15)3-7(8(6)11)19(16)17/h3,6-8,11H,1-2H2,(H,12,13)(H,14,15)/t6-,7-,8+/m1/s1. The van der Waals surface area contributed by atoms with Crippen molar-refractivity contribution in [3.05, 3.63) is 24.0 Å². The van der Waals surface area contributed by atoms with Gasteiger partial charge in [0, 0.05) is 12.0 Å². The van der Waals surface area contributed by atoms with Crippen LogP contribution < -0.4 is 0 Å². The fourth-order valence-corrected chi connectivity index (χ4v) is 2.36. The number of aliphatic hydroxyl groups is 1. The lowest BCUT2D eigenvalue weighted by Crippen LogP contribution is -2.41. The molecule has 0 saturated heterocycles. The Morgan fingerprint density at radius 3 is 2.37 bits per heavy atom. The van der Waals surface area contributed by atoms with Crippen molar-refractivity contribution >= 4 is 19.6 Å². The Hall–Kier alpha value is -1.92. The first-order valence-corrected chi connectivity index (χ1v) is 6.33. The molecule has 1 aliphatic carbocycles. The summed E-state index contributed by atoms with van der Waals surface area (Å²) in [5.41, 5.74) is -1.71. The second-order valence-electron chi connectivity index (χ2n) is 3.85. The summed E-state index contributed by atoms with van der Waals surface area (Å²) < 4.78 is 26.7. The van der Waals surface area contributed by atoms with Crippen molar-refractivity contribution in [2.45, 2.75) is 24.3 Å². The summed E-state index contributed by atoms with van der Waals surface area (Å²) in [7, 11) is -3.12. The molecule has 0 radical (unpaired) electrons. The number of aliphatic hydroxyl groups excluding tert-OH is 1. The lowest BCUT2D eigenvalue weighted by molar-refractivity contribution is -0.139. The zero-order chi connectivity index (χ0) is 14.7. The predicted octanol–water partition coefficient (Wildman–Crippen LogP) is 0.287. The van der Waals surface area contributed by atoms with Crippen LogP contribution in [0.3, 0.4) is 0 Å². The molecule has 9 heteroatoms. The molecule has 0 saturated carbocycles. The van der Waals surface area contributed by atoms with Gasteiger partial charge in [0.05, 0.1) is 0 Å². The molecule has 0 unspecified atom stereocenters. The Labute approximate surface area is 107 Å². The molecule has 0 aromatic carbocycles. The van der Waals surface area contributed by atoms with Crippen molar-refractivity contribution in [1.29, 1.82) is 0 Å². The first kappa shape index (κ1) is 15.1. The van der Waals surface area contributed by atoms with Crippen LogP contribution in [0.1, 0.15) is 6.42 Å². The van der Waals surface area contributed by atoms with Crippen molar-refractivity contribution < 1.29 is 38.8 Å². The SMILES string of the molecule is C=C(O[C@@H]1CC(C(=O)O)=C[C@@H](P(=O)=O)[C@H]1O)C(=O)O. The Kier molecular flexibility index (Phi) is 4.63. The molecule has 0 amide bonds. The fraction of sp³-hybridized carbons (Fsp3) is 0.400. The molecule has 19 heavy (non-hydrogen) atoms. The maximum atomic E-state index is 10.9. The Balaban J connectivity index is 3.02. The Bertz CT molecular complexity index is 510. The largest absolute Gasteiger partial charge is 0.481 e. The third-order valence-corrected chi connectivity index (χ3v) is 3.52. The summed E-state index contributed by atoms with van der Waals surface area (Å²) in [6.45, 7) is 3.07. The molecule has 3 atom stereocenters. The quantitative estimate of drug-likeness (QED) is 0.373. The van der Waals surface area contributed by atoms with Gasteiger partial charge in [0.2, 0.25) is 0 Å². The minimum atomic E-state index is -3.12. The van der Waals surface area contributed by atoms with E-state index in [2.05, 4.69) is 6.58 Å². The number of ether oxygens (including phenoxy) is 1. The van der Waals surface area contributed by atoms with Crippen molar-refractivity contribution in [3.63, 3.8) is 0 Å². The van der Waals surface area contributed by atoms with Gasteiger partial charge in [-0.2, -0.15) is 0 Å². The van der Waals surface area contributed by atoms with Gasteiger partial charge in [0.1, 0.15) is 17.9 Å². The molecule has 0 aromatic rings. The summed E-state index contributed by atoms with van der Waals surface area (Å²) in [6.07, 6.45) is -2.25. The van der Waals surface area contributed by atoms with Gasteiger partial charge in [-0.1, -0.05) is 6.08 Å². The van der Waals surface area contributed by atoms with Gasteiger partial charge >= 0.3 is 19.6 Å². The average molecular weight is 290 g/mol. The van der Waals surface area contributed by atoms with Gasteiger partial charge in [-0.25, -0.2) is 18.7 Å². The first-order chi connectivity index (χ1) is 8.73. The van der Waals surface area contributed by atoms with E-state index in [1.807, 2.05) is 0 Å². The number of hydrogen-bond acceptors (Lipinski definition) is 6. The highest BCUT2D eigenvalue weighted by Gasteiger charge is 2.39. The molecule has 0 spiro atoms. The van der Waals surface area contributed by atoms with Crippen LogP contribution >= 0.6 is 7.68 Å². The van der Waals surface area contributed by atoms with E-state index in [0.29, 0.717) is 0 Å². The van der Waals surface area contributed by atoms with Crippen LogP contribution in [-0.2, 0) is 23.5 Å². The Morgan fingerprint density at radius 2 is 1.95 bits per heavy atom. The smallest absolute Gasteiger partial charge is 0.370 e. The molecular weight excluding hydrogens is 279 g/mol. The van der Waals surface area contributed by atoms with Crippen molar-refractivity contribution in [2.75, 3.05) is 0 Å². The molecule has 0 aliphatic heterocycles. The molecule has 104 valence electrons. The topological polar surface area (TPSA) is 138 Å². The normalized spacial score (nSPS) is 26.2. The van der Waals surface area contributed by atoms with Crippen molar-refractivity contribution in [3.8, 4) is 0 Å². The zero-order valence-corrected chi connectivity index (χ0v) is 10.4. The first-order valence-electron chi connectivity index (χ1n) is 5.08. The van der Waals surface area contributed by atoms with Gasteiger partial charge in [-0.3, -0.25) is 0 Å². The number of carboxylic acids is 2. The maximum Gasteiger partial charge on any atom is 0.370 e. The molecule has 1 aliphatic rings. The lowest BCUT2D eigenvalue weighted by atomic mass is 9.94. The maximum absolute atomic E-state index is 10.9. The second-order valence-corrected chi connectivity index (χ2v) is 5.02. The van der Waals surface area contributed by atoms with Crippen LogP contribution in [0.4, 0.5) is 0 Å². The Morgan fingerprint density at radius 1 is 1.37 bits per heavy atom. The number of carboxylic acid groups (broad SMARTS) is 2. The van der Waals surface area contributed by atoms with E-state index in [9.17, 15) is 23.8 Å². The molecule has 3 N–H and O–H groups in total. The molecule has 0 bridgehead atoms. The highest BCUT2D eigenvalue weighted by Crippen LogP contribution is 2.32. The monoisotopic (exact) mass is 290 g/mol. The number of hydrogen-bond donors (Lipinski definition) is 3. The van der Waals surface area contributed by atoms with Gasteiger partial charge in [-0.15, -0.1) is 0 Å². The second kappa shape index (κ2) is 5.81. The summed E-state index contributed by atoms with van der Waals surface area (Å²) >= 11 is 0. The number of carbonyl (C=O) groups is 2. The predicted molar refractivity (Wildman–Crippen MR) is 60.1 cm³/mol. The minimum Gasteiger partial charge on any atom is -0.481 e. The van der Waals surface area contributed by atoms with Gasteiger partial charge < -0.3 is 20.1 Å². The minimum absolute atomic E-state index is 0.266. The van der Waals surface area contributed by atoms with E-state index in [1.54, 1.807) is 0 Å². The molecule has 0 aromatic heterocycles. The molecular formula is C10H11O8P. The third kappa shape index (κ3) is 3.52. The van der Waals surface area contributed by atoms with E-state index < -0.39 is 43.2 Å². The van der Waals surface area contributed by atoms with E-state index in [1.165, 1.54) is 0 Å². The lowest BCUT2D eigenvalue weighted by Gasteiger charge is -2.29. The van der Waals surface area contributed by atoms with Crippen LogP contribution in [0, 0.1) is 0 Å². The van der Waals surface area contributed by atoms with Crippen LogP contribution in [-0.4, -0.2) is 45.1 Å². The van der Waals surface area contributed by atoms with E-state index in [-0.39, 0.29) is 12.0 Å². The highest BCUT2D eigenvalue weighted by molar-refractivity contribution is 7.32. The van der Waals surface area contributed by atoms with E-state index in [0.717, 1.165) is 6.08 Å². The van der Waals surface area contributed by atoms with Crippen molar-refractivity contribution in [1.82, 2.24) is 0 Å². The zero-order valence-electron chi connectivity index (χ0n) is 9.55. The van der Waals surface area contributed by atoms with E-state index >= 15 is 0 Å².